The Labute approximate surface area is 279 Å². The van der Waals surface area contributed by atoms with Crippen molar-refractivity contribution in [2.75, 3.05) is 19.0 Å². The van der Waals surface area contributed by atoms with E-state index < -0.39 is 44.8 Å². The molecule has 0 radical (unpaired) electrons. The Morgan fingerprint density at radius 3 is 2.43 bits per heavy atom. The summed E-state index contributed by atoms with van der Waals surface area (Å²) in [6, 6.07) is 24.7. The van der Waals surface area contributed by atoms with E-state index in [2.05, 4.69) is 26.8 Å². The average molecular weight is 729 g/mol. The average Bonchev–Trinajstić information content (AvgIpc) is 3.47. The monoisotopic (exact) mass is 727 g/mol. The Hall–Kier alpha value is -4.17. The molecule has 2 atom stereocenters. The first kappa shape index (κ1) is 34.2. The lowest BCUT2D eigenvalue weighted by molar-refractivity contribution is -0.130. The third-order valence-corrected chi connectivity index (χ3v) is 9.81. The third-order valence-electron chi connectivity index (χ3n) is 7.55. The van der Waals surface area contributed by atoms with Crippen molar-refractivity contribution in [1.82, 2.24) is 10.9 Å². The number of hydrazine groups is 1. The number of aliphatic hydroxyl groups excluding tert-OH is 1. The van der Waals surface area contributed by atoms with Crippen LogP contribution in [0.5, 0.6) is 5.75 Å². The molecule has 1 heterocycles. The molecule has 0 saturated heterocycles. The molecule has 5 rings (SSSR count). The van der Waals surface area contributed by atoms with Gasteiger partial charge in [0, 0.05) is 41.6 Å². The van der Waals surface area contributed by atoms with Gasteiger partial charge >= 0.3 is 0 Å². The summed E-state index contributed by atoms with van der Waals surface area (Å²) in [4.78, 5) is 19.1. The molecule has 9 nitrogen and oxygen atoms in total. The van der Waals surface area contributed by atoms with Gasteiger partial charge in [-0.2, -0.15) is 0 Å². The van der Waals surface area contributed by atoms with Crippen molar-refractivity contribution >= 4 is 37.6 Å². The van der Waals surface area contributed by atoms with Crippen LogP contribution >= 0.6 is 15.9 Å². The number of sulfone groups is 1. The molecule has 246 valence electrons. The maximum atomic E-state index is 14.3. The molecule has 0 spiro atoms. The molecule has 1 amide bonds. The molecule has 4 aromatic carbocycles. The molecule has 1 aliphatic rings. The van der Waals surface area contributed by atoms with Gasteiger partial charge in [0.1, 0.15) is 17.4 Å². The van der Waals surface area contributed by atoms with E-state index in [4.69, 9.17) is 19.6 Å². The van der Waals surface area contributed by atoms with Gasteiger partial charge in [-0.05, 0) is 72.3 Å². The van der Waals surface area contributed by atoms with Crippen LogP contribution in [0, 0.1) is 11.6 Å². The van der Waals surface area contributed by atoms with E-state index in [-0.39, 0.29) is 35.9 Å². The molecule has 0 aromatic heterocycles. The number of hydrogen-bond donors (Lipinski definition) is 3. The third kappa shape index (κ3) is 8.22. The summed E-state index contributed by atoms with van der Waals surface area (Å²) in [5.74, 6) is -1.84. The predicted molar refractivity (Wildman–Crippen MR) is 175 cm³/mol. The highest BCUT2D eigenvalue weighted by Gasteiger charge is 2.53. The largest absolute Gasteiger partial charge is 0.494 e. The van der Waals surface area contributed by atoms with Gasteiger partial charge in [0.25, 0.3) is 5.91 Å². The molecule has 47 heavy (non-hydrogen) atoms. The summed E-state index contributed by atoms with van der Waals surface area (Å²) < 4.78 is 67.8. The van der Waals surface area contributed by atoms with Crippen LogP contribution in [-0.2, 0) is 25.9 Å². The van der Waals surface area contributed by atoms with E-state index >= 15 is 0 Å². The van der Waals surface area contributed by atoms with Crippen LogP contribution in [0.25, 0.3) is 0 Å². The second kappa shape index (κ2) is 15.2. The number of carbonyl (C=O) groups excluding carboxylic acids is 1. The molecular weight excluding hydrogens is 696 g/mol. The number of nitrogens with one attached hydrogen (secondary N) is 2. The lowest BCUT2D eigenvalue weighted by Crippen LogP contribution is -2.53. The van der Waals surface area contributed by atoms with Crippen LogP contribution in [0.15, 0.2) is 111 Å². The minimum absolute atomic E-state index is 0.00362. The van der Waals surface area contributed by atoms with E-state index in [1.54, 1.807) is 66.7 Å². The highest BCUT2D eigenvalue weighted by Crippen LogP contribution is 2.43. The van der Waals surface area contributed by atoms with Gasteiger partial charge in [0.15, 0.2) is 21.5 Å². The number of halogens is 3. The SMILES string of the molecule is O=C(NNCc1cc(F)ccc1F)[C@@]1(CCS(=O)(=O)c2ccccc2)N=C(c2ccc(OCCCO)cc2)O[C@H]1c1ccc(Br)cc1. The molecule has 13 heteroatoms. The van der Waals surface area contributed by atoms with Crippen LogP contribution in [-0.4, -0.2) is 49.8 Å². The summed E-state index contributed by atoms with van der Waals surface area (Å²) in [5, 5.41) is 9.03. The smallest absolute Gasteiger partial charge is 0.266 e. The first-order valence-electron chi connectivity index (χ1n) is 14.7. The van der Waals surface area contributed by atoms with Gasteiger partial charge in [-0.15, -0.1) is 0 Å². The van der Waals surface area contributed by atoms with Gasteiger partial charge in [-0.3, -0.25) is 10.2 Å². The number of aliphatic imine (C=N–C) groups is 1. The van der Waals surface area contributed by atoms with Crippen molar-refractivity contribution in [2.24, 2.45) is 4.99 Å². The van der Waals surface area contributed by atoms with Gasteiger partial charge in [-0.1, -0.05) is 46.3 Å². The van der Waals surface area contributed by atoms with E-state index in [1.165, 1.54) is 12.1 Å². The van der Waals surface area contributed by atoms with Gasteiger partial charge in [0.2, 0.25) is 5.90 Å². The number of carbonyl (C=O) groups is 1. The molecule has 3 N–H and O–H groups in total. The van der Waals surface area contributed by atoms with Crippen LogP contribution in [0.4, 0.5) is 8.78 Å². The summed E-state index contributed by atoms with van der Waals surface area (Å²) in [5.41, 5.74) is 4.42. The van der Waals surface area contributed by atoms with Crippen molar-refractivity contribution in [3.8, 4) is 5.75 Å². The van der Waals surface area contributed by atoms with Gasteiger partial charge < -0.3 is 14.6 Å². The zero-order chi connectivity index (χ0) is 33.4. The number of nitrogens with zero attached hydrogens (tertiary/aromatic N) is 1. The minimum atomic E-state index is -3.86. The van der Waals surface area contributed by atoms with Crippen LogP contribution in [0.2, 0.25) is 0 Å². The Kier molecular flexibility index (Phi) is 11.0. The van der Waals surface area contributed by atoms with Crippen LogP contribution in [0.1, 0.15) is 35.6 Å². The molecular formula is C34H32BrF2N3O6S. The Morgan fingerprint density at radius 2 is 1.72 bits per heavy atom. The van der Waals surface area contributed by atoms with Crippen molar-refractivity contribution in [1.29, 1.82) is 0 Å². The summed E-state index contributed by atoms with van der Waals surface area (Å²) in [7, 11) is -3.86. The minimum Gasteiger partial charge on any atom is -0.494 e. The van der Waals surface area contributed by atoms with E-state index in [0.29, 0.717) is 29.9 Å². The van der Waals surface area contributed by atoms with Crippen molar-refractivity contribution in [3.63, 3.8) is 0 Å². The van der Waals surface area contributed by atoms with Crippen molar-refractivity contribution < 1.29 is 36.6 Å². The molecule has 0 fully saturated rings. The number of ether oxygens (including phenoxy) is 2. The summed E-state index contributed by atoms with van der Waals surface area (Å²) in [6.45, 7) is 0.0623. The maximum Gasteiger partial charge on any atom is 0.266 e. The maximum absolute atomic E-state index is 14.3. The quantitative estimate of drug-likeness (QED) is 0.117. The molecule has 0 bridgehead atoms. The predicted octanol–water partition coefficient (Wildman–Crippen LogP) is 5.43. The molecule has 0 saturated carbocycles. The highest BCUT2D eigenvalue weighted by atomic mass is 79.9. The van der Waals surface area contributed by atoms with E-state index in [1.807, 2.05) is 0 Å². The Balaban J connectivity index is 1.52. The first-order valence-corrected chi connectivity index (χ1v) is 17.2. The second-order valence-corrected chi connectivity index (χ2v) is 13.8. The summed E-state index contributed by atoms with van der Waals surface area (Å²) >= 11 is 3.42. The topological polar surface area (TPSA) is 126 Å². The summed E-state index contributed by atoms with van der Waals surface area (Å²) in [6.07, 6.45) is -0.876. The molecule has 0 unspecified atom stereocenters. The standard InChI is InChI=1S/C34H32BrF2N3O6S/c35-26-11-7-23(8-12-26)31-34(17-20-47(43,44)29-5-2-1-3-6-29,33(42)40-38-22-25-21-27(36)13-16-30(25)37)39-32(46-31)24-9-14-28(15-10-24)45-19-4-18-41/h1-3,5-16,21,31,38,41H,4,17-20,22H2,(H,40,42)/t31-,34-/m0/s1. The van der Waals surface area contributed by atoms with Crippen molar-refractivity contribution in [3.05, 3.63) is 130 Å². The lowest BCUT2D eigenvalue weighted by Gasteiger charge is -2.30. The van der Waals surface area contributed by atoms with Crippen LogP contribution in [0.3, 0.4) is 0 Å². The Bertz CT molecular complexity index is 1830. The number of benzene rings is 4. The number of amides is 1. The van der Waals surface area contributed by atoms with E-state index in [0.717, 1.165) is 22.7 Å². The molecule has 0 aliphatic carbocycles. The number of rotatable bonds is 14. The zero-order valence-electron chi connectivity index (χ0n) is 25.0. The number of aliphatic hydroxyl groups is 1. The fraction of sp³-hybridized carbons (Fsp3) is 0.235. The zero-order valence-corrected chi connectivity index (χ0v) is 27.4. The number of hydrogen-bond acceptors (Lipinski definition) is 8. The first-order chi connectivity index (χ1) is 22.6. The normalized spacial score (nSPS) is 17.5. The Morgan fingerprint density at radius 1 is 1.00 bits per heavy atom. The van der Waals surface area contributed by atoms with E-state index in [9.17, 15) is 22.0 Å². The van der Waals surface area contributed by atoms with Crippen molar-refractivity contribution in [2.45, 2.75) is 35.9 Å². The van der Waals surface area contributed by atoms with Crippen LogP contribution < -0.4 is 15.6 Å². The fourth-order valence-corrected chi connectivity index (χ4v) is 6.70. The highest BCUT2D eigenvalue weighted by molar-refractivity contribution is 9.10. The lowest BCUT2D eigenvalue weighted by atomic mass is 9.85. The van der Waals surface area contributed by atoms with Gasteiger partial charge in [-0.25, -0.2) is 27.6 Å². The second-order valence-electron chi connectivity index (χ2n) is 10.8. The molecule has 1 aliphatic heterocycles. The molecule has 4 aromatic rings. The fourth-order valence-electron chi connectivity index (χ4n) is 5.05. The van der Waals surface area contributed by atoms with Gasteiger partial charge in [0.05, 0.1) is 17.3 Å².